The highest BCUT2D eigenvalue weighted by Gasteiger charge is 2.37. The highest BCUT2D eigenvalue weighted by molar-refractivity contribution is 9.11. The van der Waals surface area contributed by atoms with E-state index < -0.39 is 10.0 Å². The summed E-state index contributed by atoms with van der Waals surface area (Å²) in [6.45, 7) is 1.79. The van der Waals surface area contributed by atoms with E-state index in [1.165, 1.54) is 11.3 Å². The van der Waals surface area contributed by atoms with Crippen LogP contribution in [-0.4, -0.2) is 20.5 Å². The molecule has 84 valence electrons. The number of rotatable bonds is 3. The Hall–Kier alpha value is 0.0500. The fourth-order valence-electron chi connectivity index (χ4n) is 1.31. The maximum Gasteiger partial charge on any atom is 0.242 e. The third-order valence-corrected chi connectivity index (χ3v) is 5.58. The van der Waals surface area contributed by atoms with Crippen LogP contribution in [0.3, 0.4) is 0 Å². The van der Waals surface area contributed by atoms with Gasteiger partial charge in [-0.05, 0) is 35.3 Å². The first-order valence-electron chi connectivity index (χ1n) is 4.44. The van der Waals surface area contributed by atoms with E-state index in [2.05, 4.69) is 20.7 Å². The number of nitrogens with two attached hydrogens (primary N) is 1. The van der Waals surface area contributed by atoms with Crippen LogP contribution in [0.1, 0.15) is 11.3 Å². The number of hydrogen-bond acceptors (Lipinski definition) is 4. The van der Waals surface area contributed by atoms with Crippen LogP contribution in [-0.2, 0) is 10.0 Å². The lowest BCUT2D eigenvalue weighted by Crippen LogP contribution is -2.29. The average Bonchev–Trinajstić information content (AvgIpc) is 2.62. The minimum Gasteiger partial charge on any atom is -0.326 e. The number of thiophene rings is 1. The van der Waals surface area contributed by atoms with E-state index in [0.29, 0.717) is 4.90 Å². The Morgan fingerprint density at radius 1 is 1.67 bits per heavy atom. The second-order valence-corrected chi connectivity index (χ2v) is 7.92. The van der Waals surface area contributed by atoms with Crippen molar-refractivity contribution in [1.82, 2.24) is 4.72 Å². The number of aryl methyl sites for hydroxylation is 1. The van der Waals surface area contributed by atoms with Crippen molar-refractivity contribution in [2.45, 2.75) is 30.3 Å². The Labute approximate surface area is 101 Å². The fraction of sp³-hybridized carbons (Fsp3) is 0.500. The zero-order valence-corrected chi connectivity index (χ0v) is 11.2. The van der Waals surface area contributed by atoms with Crippen molar-refractivity contribution in [2.75, 3.05) is 0 Å². The van der Waals surface area contributed by atoms with Gasteiger partial charge in [-0.3, -0.25) is 0 Å². The maximum atomic E-state index is 11.9. The molecule has 2 atom stereocenters. The van der Waals surface area contributed by atoms with Gasteiger partial charge in [0.2, 0.25) is 10.0 Å². The average molecular weight is 311 g/mol. The molecule has 0 aromatic carbocycles. The quantitative estimate of drug-likeness (QED) is 0.881. The second kappa shape index (κ2) is 3.81. The summed E-state index contributed by atoms with van der Waals surface area (Å²) in [5, 5.41) is 0. The van der Waals surface area contributed by atoms with E-state index >= 15 is 0 Å². The molecule has 4 nitrogen and oxygen atoms in total. The smallest absolute Gasteiger partial charge is 0.242 e. The summed E-state index contributed by atoms with van der Waals surface area (Å²) >= 11 is 4.68. The molecule has 1 fully saturated rings. The van der Waals surface area contributed by atoms with Crippen molar-refractivity contribution in [1.29, 1.82) is 0 Å². The molecule has 0 saturated heterocycles. The van der Waals surface area contributed by atoms with Crippen LogP contribution in [0.4, 0.5) is 0 Å². The molecule has 2 unspecified atom stereocenters. The van der Waals surface area contributed by atoms with E-state index in [9.17, 15) is 8.42 Å². The molecule has 7 heteroatoms. The summed E-state index contributed by atoms with van der Waals surface area (Å²) in [4.78, 5) is 1.13. The SMILES string of the molecule is Cc1sc(Br)cc1S(=O)(=O)NC1CC1N. The largest absolute Gasteiger partial charge is 0.326 e. The van der Waals surface area contributed by atoms with Crippen molar-refractivity contribution in [3.63, 3.8) is 0 Å². The van der Waals surface area contributed by atoms with Crippen LogP contribution in [0.25, 0.3) is 0 Å². The van der Waals surface area contributed by atoms with Gasteiger partial charge in [0, 0.05) is 17.0 Å². The molecular formula is C8H11BrN2O2S2. The van der Waals surface area contributed by atoms with E-state index in [4.69, 9.17) is 5.73 Å². The monoisotopic (exact) mass is 310 g/mol. The van der Waals surface area contributed by atoms with Gasteiger partial charge in [0.1, 0.15) is 0 Å². The molecule has 2 rings (SSSR count). The van der Waals surface area contributed by atoms with E-state index in [1.807, 2.05) is 0 Å². The number of halogens is 1. The van der Waals surface area contributed by atoms with Crippen molar-refractivity contribution in [3.05, 3.63) is 14.7 Å². The number of nitrogens with one attached hydrogen (secondary N) is 1. The molecule has 0 amide bonds. The Bertz CT molecular complexity index is 483. The first-order valence-corrected chi connectivity index (χ1v) is 7.53. The first-order chi connectivity index (χ1) is 6.90. The third-order valence-electron chi connectivity index (χ3n) is 2.28. The topological polar surface area (TPSA) is 72.2 Å². The standard InChI is InChI=1S/C8H11BrN2O2S2/c1-4-7(3-8(9)14-4)15(12,13)11-6-2-5(6)10/h3,5-6,11H,2,10H2,1H3. The number of hydrogen-bond donors (Lipinski definition) is 2. The molecular weight excluding hydrogens is 300 g/mol. The van der Waals surface area contributed by atoms with Crippen LogP contribution < -0.4 is 10.5 Å². The van der Waals surface area contributed by atoms with Gasteiger partial charge >= 0.3 is 0 Å². The van der Waals surface area contributed by atoms with Gasteiger partial charge in [0.25, 0.3) is 0 Å². The van der Waals surface area contributed by atoms with Gasteiger partial charge in [-0.1, -0.05) is 0 Å². The predicted molar refractivity (Wildman–Crippen MR) is 63.5 cm³/mol. The maximum absolute atomic E-state index is 11.9. The lowest BCUT2D eigenvalue weighted by Gasteiger charge is -2.04. The van der Waals surface area contributed by atoms with Crippen molar-refractivity contribution in [2.24, 2.45) is 5.73 Å². The van der Waals surface area contributed by atoms with Crippen LogP contribution >= 0.6 is 27.3 Å². The summed E-state index contributed by atoms with van der Waals surface area (Å²) in [7, 11) is -3.39. The van der Waals surface area contributed by atoms with Gasteiger partial charge in [0.15, 0.2) is 0 Å². The van der Waals surface area contributed by atoms with Crippen LogP contribution in [0.15, 0.2) is 14.7 Å². The van der Waals surface area contributed by atoms with Crippen LogP contribution in [0.2, 0.25) is 0 Å². The first kappa shape index (κ1) is 11.5. The molecule has 1 heterocycles. The Morgan fingerprint density at radius 2 is 2.27 bits per heavy atom. The molecule has 0 spiro atoms. The van der Waals surface area contributed by atoms with E-state index in [1.54, 1.807) is 13.0 Å². The Kier molecular flexibility index (Phi) is 2.93. The molecule has 0 bridgehead atoms. The summed E-state index contributed by atoms with van der Waals surface area (Å²) in [5.41, 5.74) is 5.56. The highest BCUT2D eigenvalue weighted by atomic mass is 79.9. The van der Waals surface area contributed by atoms with E-state index in [-0.39, 0.29) is 12.1 Å². The highest BCUT2D eigenvalue weighted by Crippen LogP contribution is 2.30. The van der Waals surface area contributed by atoms with Gasteiger partial charge in [-0.15, -0.1) is 11.3 Å². The third kappa shape index (κ3) is 2.42. The normalized spacial score (nSPS) is 25.5. The summed E-state index contributed by atoms with van der Waals surface area (Å²) in [6, 6.07) is 1.51. The molecule has 1 aliphatic carbocycles. The summed E-state index contributed by atoms with van der Waals surface area (Å²) < 4.78 is 27.2. The van der Waals surface area contributed by atoms with Crippen molar-refractivity contribution in [3.8, 4) is 0 Å². The van der Waals surface area contributed by atoms with E-state index in [0.717, 1.165) is 15.1 Å². The zero-order valence-electron chi connectivity index (χ0n) is 8.03. The minimum atomic E-state index is -3.39. The molecule has 15 heavy (non-hydrogen) atoms. The minimum absolute atomic E-state index is 0.0258. The van der Waals surface area contributed by atoms with Gasteiger partial charge in [0.05, 0.1) is 8.68 Å². The Balaban J connectivity index is 2.25. The molecule has 3 N–H and O–H groups in total. The molecule has 0 radical (unpaired) electrons. The van der Waals surface area contributed by atoms with Crippen molar-refractivity contribution < 1.29 is 8.42 Å². The van der Waals surface area contributed by atoms with Crippen molar-refractivity contribution >= 4 is 37.3 Å². The molecule has 1 aliphatic rings. The summed E-state index contributed by atoms with van der Waals surface area (Å²) in [6.07, 6.45) is 0.726. The number of sulfonamides is 1. The van der Waals surface area contributed by atoms with Crippen LogP contribution in [0.5, 0.6) is 0 Å². The van der Waals surface area contributed by atoms with Crippen LogP contribution in [0, 0.1) is 6.92 Å². The van der Waals surface area contributed by atoms with Gasteiger partial charge in [-0.25, -0.2) is 13.1 Å². The lowest BCUT2D eigenvalue weighted by atomic mass is 10.5. The molecule has 0 aliphatic heterocycles. The van der Waals surface area contributed by atoms with Gasteiger partial charge in [-0.2, -0.15) is 0 Å². The lowest BCUT2D eigenvalue weighted by molar-refractivity contribution is 0.579. The Morgan fingerprint density at radius 3 is 2.67 bits per heavy atom. The molecule has 1 saturated carbocycles. The predicted octanol–water partition coefficient (Wildman–Crippen LogP) is 1.20. The van der Waals surface area contributed by atoms with Gasteiger partial charge < -0.3 is 5.73 Å². The molecule has 1 aromatic heterocycles. The summed E-state index contributed by atoms with van der Waals surface area (Å²) in [5.74, 6) is 0. The molecule has 1 aromatic rings. The second-order valence-electron chi connectivity index (χ2n) is 3.60. The fourth-order valence-corrected chi connectivity index (χ4v) is 5.02. The zero-order chi connectivity index (χ0) is 11.2.